The predicted molar refractivity (Wildman–Crippen MR) is 118 cm³/mol. The van der Waals surface area contributed by atoms with Gasteiger partial charge in [0.05, 0.1) is 5.56 Å². The highest BCUT2D eigenvalue weighted by molar-refractivity contribution is 7.99. The lowest BCUT2D eigenvalue weighted by Gasteiger charge is -2.09. The summed E-state index contributed by atoms with van der Waals surface area (Å²) < 4.78 is 4.89. The van der Waals surface area contributed by atoms with Crippen LogP contribution in [0, 0.1) is 0 Å². The standard InChI is InChI=1S/C24H30O4S/c1-3-4-5-6-7-8-17-29-22-15-13-20(14-16-22)19-9-11-21(12-10-19)24(27)28-18(2)23(25)26/h9-16,18H,3-8,17H2,1-2H3,(H,25,26)/t18-/m0/s1. The Hall–Kier alpha value is -2.27. The van der Waals surface area contributed by atoms with Crippen LogP contribution in [-0.4, -0.2) is 28.9 Å². The summed E-state index contributed by atoms with van der Waals surface area (Å²) in [7, 11) is 0. The van der Waals surface area contributed by atoms with Crippen molar-refractivity contribution >= 4 is 23.7 Å². The van der Waals surface area contributed by atoms with E-state index in [0.29, 0.717) is 5.56 Å². The molecule has 5 heteroatoms. The van der Waals surface area contributed by atoms with Gasteiger partial charge in [0.15, 0.2) is 6.10 Å². The van der Waals surface area contributed by atoms with E-state index >= 15 is 0 Å². The van der Waals surface area contributed by atoms with Gasteiger partial charge in [0.25, 0.3) is 0 Å². The molecule has 1 N–H and O–H groups in total. The number of carboxylic acids is 1. The summed E-state index contributed by atoms with van der Waals surface area (Å²) in [5.74, 6) is -0.644. The smallest absolute Gasteiger partial charge is 0.344 e. The number of carbonyl (C=O) groups is 2. The number of esters is 1. The minimum Gasteiger partial charge on any atom is -0.479 e. The van der Waals surface area contributed by atoms with Crippen LogP contribution in [0.25, 0.3) is 11.1 Å². The monoisotopic (exact) mass is 414 g/mol. The number of hydrogen-bond acceptors (Lipinski definition) is 4. The Labute approximate surface area is 177 Å². The topological polar surface area (TPSA) is 63.6 Å². The van der Waals surface area contributed by atoms with Crippen LogP contribution in [0.2, 0.25) is 0 Å². The van der Waals surface area contributed by atoms with E-state index in [1.165, 1.54) is 50.3 Å². The fraction of sp³-hybridized carbons (Fsp3) is 0.417. The molecule has 0 heterocycles. The second-order valence-electron chi connectivity index (χ2n) is 7.10. The van der Waals surface area contributed by atoms with Crippen molar-refractivity contribution in [3.63, 3.8) is 0 Å². The Morgan fingerprint density at radius 3 is 2.03 bits per heavy atom. The molecule has 0 aromatic heterocycles. The molecular weight excluding hydrogens is 384 g/mol. The lowest BCUT2D eigenvalue weighted by molar-refractivity contribution is -0.146. The maximum absolute atomic E-state index is 12.0. The number of hydrogen-bond donors (Lipinski definition) is 1. The molecule has 4 nitrogen and oxygen atoms in total. The molecule has 156 valence electrons. The van der Waals surface area contributed by atoms with E-state index in [4.69, 9.17) is 9.84 Å². The van der Waals surface area contributed by atoms with Gasteiger partial charge < -0.3 is 9.84 Å². The van der Waals surface area contributed by atoms with Gasteiger partial charge in [-0.05, 0) is 54.5 Å². The van der Waals surface area contributed by atoms with E-state index in [9.17, 15) is 9.59 Å². The third kappa shape index (κ3) is 7.94. The molecule has 0 fully saturated rings. The number of thioether (sulfide) groups is 1. The quantitative estimate of drug-likeness (QED) is 0.246. The van der Waals surface area contributed by atoms with Gasteiger partial charge in [-0.2, -0.15) is 0 Å². The van der Waals surface area contributed by atoms with Crippen LogP contribution >= 0.6 is 11.8 Å². The number of aliphatic carboxylic acids is 1. The third-order valence-electron chi connectivity index (χ3n) is 4.71. The SMILES string of the molecule is CCCCCCCCSc1ccc(-c2ccc(C(=O)O[C@@H](C)C(=O)O)cc2)cc1. The molecule has 0 spiro atoms. The predicted octanol–water partition coefficient (Wildman–Crippen LogP) is 6.44. The lowest BCUT2D eigenvalue weighted by Crippen LogP contribution is -2.23. The number of unbranched alkanes of at least 4 members (excludes halogenated alkanes) is 5. The summed E-state index contributed by atoms with van der Waals surface area (Å²) in [5, 5.41) is 8.83. The van der Waals surface area contributed by atoms with E-state index in [1.54, 1.807) is 12.1 Å². The van der Waals surface area contributed by atoms with Gasteiger partial charge in [-0.1, -0.05) is 63.3 Å². The van der Waals surface area contributed by atoms with Crippen molar-refractivity contribution in [2.24, 2.45) is 0 Å². The number of rotatable bonds is 12. The van der Waals surface area contributed by atoms with Gasteiger partial charge in [-0.25, -0.2) is 9.59 Å². The van der Waals surface area contributed by atoms with E-state index in [0.717, 1.165) is 16.9 Å². The highest BCUT2D eigenvalue weighted by Crippen LogP contribution is 2.25. The second-order valence-corrected chi connectivity index (χ2v) is 8.27. The number of benzene rings is 2. The number of carbonyl (C=O) groups excluding carboxylic acids is 1. The molecule has 1 atom stereocenters. The summed E-state index contributed by atoms with van der Waals surface area (Å²) in [6.45, 7) is 3.57. The van der Waals surface area contributed by atoms with Crippen LogP contribution < -0.4 is 0 Å². The van der Waals surface area contributed by atoms with Crippen LogP contribution in [0.4, 0.5) is 0 Å². The fourth-order valence-corrected chi connectivity index (χ4v) is 3.81. The summed E-state index contributed by atoms with van der Waals surface area (Å²) in [6, 6.07) is 15.5. The molecule has 29 heavy (non-hydrogen) atoms. The third-order valence-corrected chi connectivity index (χ3v) is 5.80. The largest absolute Gasteiger partial charge is 0.479 e. The summed E-state index contributed by atoms with van der Waals surface area (Å²) >= 11 is 1.89. The van der Waals surface area contributed by atoms with Gasteiger partial charge in [-0.15, -0.1) is 11.8 Å². The second kappa shape index (κ2) is 12.3. The molecule has 0 aliphatic carbocycles. The summed E-state index contributed by atoms with van der Waals surface area (Å²) in [5.41, 5.74) is 2.42. The maximum Gasteiger partial charge on any atom is 0.344 e. The van der Waals surface area contributed by atoms with Crippen molar-refractivity contribution in [3.05, 3.63) is 54.1 Å². The molecule has 0 bridgehead atoms. The number of ether oxygens (including phenoxy) is 1. The molecule has 0 saturated carbocycles. The minimum atomic E-state index is -1.16. The zero-order chi connectivity index (χ0) is 21.1. The Balaban J connectivity index is 1.83. The van der Waals surface area contributed by atoms with Gasteiger partial charge >= 0.3 is 11.9 Å². The first-order valence-corrected chi connectivity index (χ1v) is 11.3. The first-order valence-electron chi connectivity index (χ1n) is 10.3. The van der Waals surface area contributed by atoms with E-state index < -0.39 is 18.0 Å². The lowest BCUT2D eigenvalue weighted by atomic mass is 10.0. The maximum atomic E-state index is 12.0. The van der Waals surface area contributed by atoms with E-state index in [-0.39, 0.29) is 0 Å². The van der Waals surface area contributed by atoms with Crippen LogP contribution in [0.15, 0.2) is 53.4 Å². The molecule has 0 saturated heterocycles. The molecule has 0 amide bonds. The van der Waals surface area contributed by atoms with Crippen molar-refractivity contribution in [2.45, 2.75) is 63.4 Å². The molecule has 0 aliphatic rings. The summed E-state index contributed by atoms with van der Waals surface area (Å²) in [4.78, 5) is 24.0. The van der Waals surface area contributed by atoms with Crippen molar-refractivity contribution in [1.82, 2.24) is 0 Å². The van der Waals surface area contributed by atoms with Gasteiger partial charge in [-0.3, -0.25) is 0 Å². The molecule has 0 unspecified atom stereocenters. The van der Waals surface area contributed by atoms with Crippen LogP contribution in [0.1, 0.15) is 62.7 Å². The van der Waals surface area contributed by atoms with E-state index in [2.05, 4.69) is 31.2 Å². The average molecular weight is 415 g/mol. The van der Waals surface area contributed by atoms with Gasteiger partial charge in [0, 0.05) is 4.90 Å². The molecule has 2 aromatic rings. The zero-order valence-electron chi connectivity index (χ0n) is 17.2. The van der Waals surface area contributed by atoms with Crippen molar-refractivity contribution in [3.8, 4) is 11.1 Å². The molecule has 2 rings (SSSR count). The highest BCUT2D eigenvalue weighted by Gasteiger charge is 2.17. The molecular formula is C24H30O4S. The highest BCUT2D eigenvalue weighted by atomic mass is 32.2. The average Bonchev–Trinajstić information content (AvgIpc) is 2.73. The van der Waals surface area contributed by atoms with Gasteiger partial charge in [0.1, 0.15) is 0 Å². The first-order chi connectivity index (χ1) is 14.0. The normalized spacial score (nSPS) is 11.8. The fourth-order valence-electron chi connectivity index (χ4n) is 2.89. The van der Waals surface area contributed by atoms with Crippen LogP contribution in [0.5, 0.6) is 0 Å². The van der Waals surface area contributed by atoms with Crippen molar-refractivity contribution in [2.75, 3.05) is 5.75 Å². The van der Waals surface area contributed by atoms with E-state index in [1.807, 2.05) is 23.9 Å². The first kappa shape index (κ1) is 23.0. The van der Waals surface area contributed by atoms with Crippen molar-refractivity contribution in [1.29, 1.82) is 0 Å². The summed E-state index contributed by atoms with van der Waals surface area (Å²) in [6.07, 6.45) is 6.73. The molecule has 0 radical (unpaired) electrons. The minimum absolute atomic E-state index is 0.341. The Kier molecular flexibility index (Phi) is 9.78. The van der Waals surface area contributed by atoms with Crippen LogP contribution in [0.3, 0.4) is 0 Å². The zero-order valence-corrected chi connectivity index (χ0v) is 18.0. The Morgan fingerprint density at radius 2 is 1.45 bits per heavy atom. The Morgan fingerprint density at radius 1 is 0.897 bits per heavy atom. The van der Waals surface area contributed by atoms with Crippen LogP contribution in [-0.2, 0) is 9.53 Å². The van der Waals surface area contributed by atoms with Crippen molar-refractivity contribution < 1.29 is 19.4 Å². The van der Waals surface area contributed by atoms with Gasteiger partial charge in [0.2, 0.25) is 0 Å². The Bertz CT molecular complexity index is 768. The molecule has 0 aliphatic heterocycles. The number of carboxylic acid groups (broad SMARTS) is 1. The molecule has 2 aromatic carbocycles.